The Kier molecular flexibility index (Phi) is 1.63. The molecule has 0 spiro atoms. The smallest absolute Gasteiger partial charge is 0.317 e. The van der Waals surface area contributed by atoms with Gasteiger partial charge in [0.25, 0.3) is 5.92 Å². The number of hydrogen-bond acceptors (Lipinski definition) is 2. The minimum Gasteiger partial charge on any atom is -0.481 e. The summed E-state index contributed by atoms with van der Waals surface area (Å²) >= 11 is 0. The van der Waals surface area contributed by atoms with Gasteiger partial charge < -0.3 is 9.84 Å². The zero-order valence-electron chi connectivity index (χ0n) is 5.93. The van der Waals surface area contributed by atoms with Gasteiger partial charge in [0.15, 0.2) is 5.41 Å². The van der Waals surface area contributed by atoms with Crippen LogP contribution >= 0.6 is 0 Å². The summed E-state index contributed by atoms with van der Waals surface area (Å²) in [5, 5.41) is 8.45. The van der Waals surface area contributed by atoms with Crippen molar-refractivity contribution in [3.8, 4) is 0 Å². The maximum Gasteiger partial charge on any atom is 0.317 e. The Balaban J connectivity index is 2.93. The number of rotatable bonds is 1. The zero-order valence-corrected chi connectivity index (χ0v) is 5.93. The zero-order chi connectivity index (χ0) is 8.70. The van der Waals surface area contributed by atoms with Crippen LogP contribution in [0.5, 0.6) is 0 Å². The van der Waals surface area contributed by atoms with Crippen LogP contribution in [0, 0.1) is 5.41 Å². The molecule has 0 bridgehead atoms. The van der Waals surface area contributed by atoms with Crippen LogP contribution in [0.3, 0.4) is 0 Å². The molecule has 0 amide bonds. The van der Waals surface area contributed by atoms with Gasteiger partial charge in [-0.05, 0) is 6.92 Å². The Labute approximate surface area is 62.0 Å². The summed E-state index contributed by atoms with van der Waals surface area (Å²) in [5.41, 5.74) is -2.05. The molecule has 1 fully saturated rings. The van der Waals surface area contributed by atoms with Crippen molar-refractivity contribution < 1.29 is 23.4 Å². The lowest BCUT2D eigenvalue weighted by molar-refractivity contribution is -0.165. The van der Waals surface area contributed by atoms with Gasteiger partial charge >= 0.3 is 5.97 Å². The molecule has 0 aromatic heterocycles. The van der Waals surface area contributed by atoms with Gasteiger partial charge in [-0.1, -0.05) is 0 Å². The van der Waals surface area contributed by atoms with Crippen molar-refractivity contribution in [3.05, 3.63) is 0 Å². The first kappa shape index (κ1) is 8.39. The summed E-state index contributed by atoms with van der Waals surface area (Å²) in [6.07, 6.45) is 0. The predicted molar refractivity (Wildman–Crippen MR) is 31.5 cm³/mol. The molecule has 1 N–H and O–H groups in total. The van der Waals surface area contributed by atoms with E-state index in [1.54, 1.807) is 0 Å². The minimum absolute atomic E-state index is 0.421. The van der Waals surface area contributed by atoms with Gasteiger partial charge in [-0.15, -0.1) is 0 Å². The molecule has 0 saturated carbocycles. The van der Waals surface area contributed by atoms with Crippen molar-refractivity contribution in [2.75, 3.05) is 13.2 Å². The molecule has 1 rings (SSSR count). The topological polar surface area (TPSA) is 46.5 Å². The Hall–Kier alpha value is -0.710. The third-order valence-electron chi connectivity index (χ3n) is 1.95. The third-order valence-corrected chi connectivity index (χ3v) is 1.95. The van der Waals surface area contributed by atoms with E-state index < -0.39 is 30.5 Å². The molecule has 1 unspecified atom stereocenters. The van der Waals surface area contributed by atoms with Crippen LogP contribution in [0.2, 0.25) is 0 Å². The molecule has 1 heterocycles. The molecule has 11 heavy (non-hydrogen) atoms. The number of hydrogen-bond donors (Lipinski definition) is 1. The largest absolute Gasteiger partial charge is 0.481 e. The Morgan fingerprint density at radius 2 is 2.09 bits per heavy atom. The SMILES string of the molecule is CC1(C(=O)O)COCC1(F)F. The molecule has 0 radical (unpaired) electrons. The molecule has 1 atom stereocenters. The number of halogens is 2. The van der Waals surface area contributed by atoms with Gasteiger partial charge in [-0.3, -0.25) is 4.79 Å². The standard InChI is InChI=1S/C6H8F2O3/c1-5(4(9)10)2-11-3-6(5,7)8/h2-3H2,1H3,(H,9,10). The number of ether oxygens (including phenoxy) is 1. The van der Waals surface area contributed by atoms with Crippen LogP contribution < -0.4 is 0 Å². The lowest BCUT2D eigenvalue weighted by Gasteiger charge is -2.23. The number of carboxylic acid groups (broad SMARTS) is 1. The van der Waals surface area contributed by atoms with E-state index in [0.717, 1.165) is 6.92 Å². The highest BCUT2D eigenvalue weighted by atomic mass is 19.3. The second-order valence-corrected chi connectivity index (χ2v) is 2.83. The van der Waals surface area contributed by atoms with E-state index >= 15 is 0 Å². The van der Waals surface area contributed by atoms with Gasteiger partial charge in [-0.2, -0.15) is 0 Å². The van der Waals surface area contributed by atoms with Gasteiger partial charge in [0.2, 0.25) is 0 Å². The summed E-state index contributed by atoms with van der Waals surface area (Å²) in [5.74, 6) is -4.77. The second-order valence-electron chi connectivity index (χ2n) is 2.83. The first-order valence-electron chi connectivity index (χ1n) is 3.09. The summed E-state index contributed by atoms with van der Waals surface area (Å²) < 4.78 is 29.9. The average Bonchev–Trinajstić information content (AvgIpc) is 2.09. The molecule has 64 valence electrons. The van der Waals surface area contributed by atoms with E-state index in [-0.39, 0.29) is 0 Å². The second kappa shape index (κ2) is 2.14. The van der Waals surface area contributed by atoms with Gasteiger partial charge in [0, 0.05) is 0 Å². The van der Waals surface area contributed by atoms with E-state index in [1.807, 2.05) is 0 Å². The molecule has 5 heteroatoms. The van der Waals surface area contributed by atoms with Crippen molar-refractivity contribution in [1.82, 2.24) is 0 Å². The van der Waals surface area contributed by atoms with Crippen molar-refractivity contribution in [2.24, 2.45) is 5.41 Å². The van der Waals surface area contributed by atoms with Gasteiger partial charge in [-0.25, -0.2) is 8.78 Å². The number of carbonyl (C=O) groups is 1. The van der Waals surface area contributed by atoms with Crippen LogP contribution in [-0.2, 0) is 9.53 Å². The summed E-state index contributed by atoms with van der Waals surface area (Å²) in [6, 6.07) is 0. The monoisotopic (exact) mass is 166 g/mol. The molecule has 3 nitrogen and oxygen atoms in total. The number of alkyl halides is 2. The first-order valence-corrected chi connectivity index (χ1v) is 3.09. The highest BCUT2D eigenvalue weighted by molar-refractivity contribution is 5.76. The van der Waals surface area contributed by atoms with Crippen LogP contribution in [0.1, 0.15) is 6.92 Å². The van der Waals surface area contributed by atoms with Gasteiger partial charge in [0.1, 0.15) is 6.61 Å². The maximum absolute atomic E-state index is 12.7. The van der Waals surface area contributed by atoms with E-state index in [2.05, 4.69) is 4.74 Å². The van der Waals surface area contributed by atoms with Crippen molar-refractivity contribution in [1.29, 1.82) is 0 Å². The summed E-state index contributed by atoms with van der Waals surface area (Å²) in [7, 11) is 0. The Bertz CT molecular complexity index is 192. The lowest BCUT2D eigenvalue weighted by Crippen LogP contribution is -2.44. The molecular weight excluding hydrogens is 158 g/mol. The minimum atomic E-state index is -3.25. The third kappa shape index (κ3) is 0.994. The normalized spacial score (nSPS) is 35.5. The maximum atomic E-state index is 12.7. The van der Waals surface area contributed by atoms with Crippen molar-refractivity contribution in [3.63, 3.8) is 0 Å². The van der Waals surface area contributed by atoms with Crippen LogP contribution in [0.25, 0.3) is 0 Å². The fourth-order valence-electron chi connectivity index (χ4n) is 0.866. The van der Waals surface area contributed by atoms with Crippen LogP contribution in [0.15, 0.2) is 0 Å². The summed E-state index contributed by atoms with van der Waals surface area (Å²) in [6.45, 7) is -0.229. The lowest BCUT2D eigenvalue weighted by atomic mass is 9.87. The van der Waals surface area contributed by atoms with E-state index in [4.69, 9.17) is 5.11 Å². The molecule has 1 aliphatic rings. The Morgan fingerprint density at radius 1 is 1.55 bits per heavy atom. The summed E-state index contributed by atoms with van der Waals surface area (Å²) in [4.78, 5) is 10.4. The molecular formula is C6H8F2O3. The van der Waals surface area contributed by atoms with Crippen LogP contribution in [0.4, 0.5) is 8.78 Å². The van der Waals surface area contributed by atoms with Crippen LogP contribution in [-0.4, -0.2) is 30.2 Å². The highest BCUT2D eigenvalue weighted by Crippen LogP contribution is 2.42. The molecule has 1 aliphatic heterocycles. The highest BCUT2D eigenvalue weighted by Gasteiger charge is 2.60. The van der Waals surface area contributed by atoms with Gasteiger partial charge in [0.05, 0.1) is 6.61 Å². The van der Waals surface area contributed by atoms with E-state index in [9.17, 15) is 13.6 Å². The average molecular weight is 166 g/mol. The molecule has 0 aliphatic carbocycles. The molecule has 0 aromatic rings. The van der Waals surface area contributed by atoms with E-state index in [1.165, 1.54) is 0 Å². The molecule has 0 aromatic carbocycles. The molecule has 1 saturated heterocycles. The number of carboxylic acids is 1. The fourth-order valence-corrected chi connectivity index (χ4v) is 0.866. The van der Waals surface area contributed by atoms with E-state index in [0.29, 0.717) is 0 Å². The quantitative estimate of drug-likeness (QED) is 0.625. The fraction of sp³-hybridized carbons (Fsp3) is 0.833. The predicted octanol–water partition coefficient (Wildman–Crippen LogP) is 0.743. The number of aliphatic carboxylic acids is 1. The Morgan fingerprint density at radius 3 is 2.27 bits per heavy atom. The van der Waals surface area contributed by atoms with Crippen molar-refractivity contribution >= 4 is 5.97 Å². The van der Waals surface area contributed by atoms with Crippen molar-refractivity contribution in [2.45, 2.75) is 12.8 Å². The first-order chi connectivity index (χ1) is 4.90.